The van der Waals surface area contributed by atoms with Crippen molar-refractivity contribution in [2.45, 2.75) is 160 Å². The summed E-state index contributed by atoms with van der Waals surface area (Å²) >= 11 is 0. The van der Waals surface area contributed by atoms with Gasteiger partial charge in [-0.25, -0.2) is 14.4 Å². The first-order chi connectivity index (χ1) is 34.6. The first kappa shape index (κ1) is 54.5. The maximum atomic E-state index is 14.6. The van der Waals surface area contributed by atoms with E-state index in [0.717, 1.165) is 0 Å². The first-order valence-electron chi connectivity index (χ1n) is 25.2. The third-order valence-electron chi connectivity index (χ3n) is 15.0. The lowest BCUT2D eigenvalue weighted by atomic mass is 9.96. The highest BCUT2D eigenvalue weighted by Crippen LogP contribution is 2.49. The maximum Gasteiger partial charge on any atom is 0.338 e. The molecule has 3 fully saturated rings. The van der Waals surface area contributed by atoms with Crippen LogP contribution in [0.4, 0.5) is 5.95 Å². The number of hydrogen-bond acceptors (Lipinski definition) is 14. The van der Waals surface area contributed by atoms with Crippen LogP contribution >= 0.6 is 0 Å². The lowest BCUT2D eigenvalue weighted by molar-refractivity contribution is -0.123. The smallest absolute Gasteiger partial charge is 0.338 e. The lowest BCUT2D eigenvalue weighted by Crippen LogP contribution is -2.57. The van der Waals surface area contributed by atoms with Crippen LogP contribution in [-0.4, -0.2) is 110 Å². The highest BCUT2D eigenvalue weighted by molar-refractivity contribution is 6.74. The molecule has 4 heterocycles. The Hall–Kier alpha value is -5.81. The normalized spacial score (nSPS) is 24.0. The number of amides is 1. The van der Waals surface area contributed by atoms with Crippen molar-refractivity contribution in [1.29, 1.82) is 0 Å². The first-order valence-corrected chi connectivity index (χ1v) is 31.1. The number of epoxide rings is 1. The number of esters is 3. The molecular weight excluding hydrogens is 979 g/mol. The van der Waals surface area contributed by atoms with Gasteiger partial charge in [-0.3, -0.25) is 19.9 Å². The number of aromatic nitrogens is 3. The van der Waals surface area contributed by atoms with Crippen molar-refractivity contribution in [2.75, 3.05) is 11.9 Å². The molecule has 8 rings (SSSR count). The second-order valence-corrected chi connectivity index (χ2v) is 33.1. The number of ether oxygens (including phenoxy) is 5. The molecule has 1 saturated carbocycles. The molecule has 5 aromatic rings. The number of carbonyl (C=O) groups excluding carboxylic acids is 4. The van der Waals surface area contributed by atoms with Crippen molar-refractivity contribution in [3.8, 4) is 0 Å². The summed E-state index contributed by atoms with van der Waals surface area (Å²) in [5.74, 6) is -2.75. The minimum Gasteiger partial charge on any atom is -0.459 e. The molecule has 3 N–H and O–H groups in total. The van der Waals surface area contributed by atoms with Gasteiger partial charge in [-0.2, -0.15) is 4.98 Å². The Kier molecular flexibility index (Phi) is 15.2. The minimum absolute atomic E-state index is 0.0516. The molecule has 17 nitrogen and oxygen atoms in total. The highest BCUT2D eigenvalue weighted by Gasteiger charge is 2.66. The zero-order valence-corrected chi connectivity index (χ0v) is 46.6. The van der Waals surface area contributed by atoms with Crippen LogP contribution in [0.15, 0.2) is 102 Å². The van der Waals surface area contributed by atoms with E-state index in [1.807, 2.05) is 0 Å². The molecule has 2 saturated heterocycles. The number of rotatable bonds is 16. The predicted octanol–water partition coefficient (Wildman–Crippen LogP) is 8.93. The van der Waals surface area contributed by atoms with Crippen molar-refractivity contribution >= 4 is 57.4 Å². The van der Waals surface area contributed by atoms with E-state index in [2.05, 4.69) is 83.3 Å². The van der Waals surface area contributed by atoms with Crippen molar-refractivity contribution < 1.29 is 51.7 Å². The quantitative estimate of drug-likeness (QED) is 0.0365. The fourth-order valence-electron chi connectivity index (χ4n) is 8.63. The van der Waals surface area contributed by atoms with Crippen LogP contribution in [0.25, 0.3) is 11.0 Å². The van der Waals surface area contributed by atoms with Crippen molar-refractivity contribution in [3.05, 3.63) is 130 Å². The van der Waals surface area contributed by atoms with E-state index in [1.54, 1.807) is 118 Å². The van der Waals surface area contributed by atoms with E-state index in [-0.39, 0.29) is 74.6 Å². The summed E-state index contributed by atoms with van der Waals surface area (Å²) in [6.07, 6.45) is -4.93. The van der Waals surface area contributed by atoms with Gasteiger partial charge in [0, 0.05) is 18.2 Å². The molecule has 1 aliphatic carbocycles. The Morgan fingerprint density at radius 1 is 0.662 bits per heavy atom. The molecule has 396 valence electrons. The number of benzene rings is 3. The van der Waals surface area contributed by atoms with E-state index >= 15 is 0 Å². The summed E-state index contributed by atoms with van der Waals surface area (Å²) < 4.78 is 47.5. The number of nitrogens with zero attached hydrogens (tertiary/aromatic N) is 2. The monoisotopic (exact) mass is 1050 g/mol. The average Bonchev–Trinajstić information content (AvgIpc) is 3.83. The Morgan fingerprint density at radius 2 is 1.16 bits per heavy atom. The van der Waals surface area contributed by atoms with Crippen LogP contribution in [-0.2, 0) is 43.9 Å². The van der Waals surface area contributed by atoms with E-state index in [4.69, 9.17) is 37.5 Å². The molecule has 3 aliphatic rings. The summed E-state index contributed by atoms with van der Waals surface area (Å²) in [4.78, 5) is 77.3. The molecule has 74 heavy (non-hydrogen) atoms. The van der Waals surface area contributed by atoms with Gasteiger partial charge >= 0.3 is 17.9 Å². The van der Waals surface area contributed by atoms with Gasteiger partial charge in [0.05, 0.1) is 34.2 Å². The Balaban J connectivity index is 1.23. The summed E-state index contributed by atoms with van der Waals surface area (Å²) in [7, 11) is -4.74. The molecule has 2 aliphatic heterocycles. The molecule has 0 bridgehead atoms. The minimum atomic E-state index is -2.41. The second-order valence-electron chi connectivity index (χ2n) is 23.5. The van der Waals surface area contributed by atoms with E-state index in [9.17, 15) is 24.0 Å². The van der Waals surface area contributed by atoms with Gasteiger partial charge in [0.15, 0.2) is 40.7 Å². The molecule has 0 spiro atoms. The Bertz CT molecular complexity index is 2910. The number of H-pyrrole nitrogens is 1. The van der Waals surface area contributed by atoms with Crippen LogP contribution in [0.2, 0.25) is 36.3 Å². The van der Waals surface area contributed by atoms with Crippen LogP contribution in [0.5, 0.6) is 0 Å². The zero-order chi connectivity index (χ0) is 53.7. The van der Waals surface area contributed by atoms with Gasteiger partial charge in [0.25, 0.3) is 5.56 Å². The number of nitrogens with one attached hydrogen (secondary N) is 3. The predicted molar refractivity (Wildman–Crippen MR) is 284 cm³/mol. The molecule has 0 radical (unpaired) electrons. The molecular formula is C55H71N5O12Si2. The Morgan fingerprint density at radius 3 is 1.68 bits per heavy atom. The van der Waals surface area contributed by atoms with Gasteiger partial charge < -0.3 is 42.4 Å². The number of carbonyl (C=O) groups is 4. The van der Waals surface area contributed by atoms with E-state index in [0.29, 0.717) is 5.56 Å². The standard InChI is InChI=1S/C55H71N5O12Si2/c1-53(2,3)51(65)59-52-57-45-37(46(61)58-52)35(29-56-38-40-42(68-40)43(72-74(12,13)55(7,8)9)41(38)71-73(10,11)54(4,5)6)30-60(45)47-44(70-50(64)34-27-21-16-22-28-34)39(69-49(63)33-25-19-15-20-26-33)36(67-47)31-66-48(62)32-23-17-14-18-24-32/h14-28,30,36,38-44,47,56H,29,31H2,1-13H3,(H2,57,58,59,61,65)/t36-,38+,39-,40-,41-,42-,43-,44-,47-/m1/s1. The SMILES string of the molecule is CC(C)(C)C(=O)Nc1nc2c(c(CN[C@H]3[C@H]4O[C@H]4[C@H](O[Si](C)(C)C(C)(C)C)[C@@H]3O[Si](C)(C)C(C)(C)C)cn2[C@@H]2O[C@H](COC(=O)c3ccccc3)[C@@H](OC(=O)c3ccccc3)[C@H]2OC(=O)c2ccccc2)c(=O)[nH]1. The van der Waals surface area contributed by atoms with Gasteiger partial charge in [-0.1, -0.05) is 117 Å². The number of hydrogen-bond donors (Lipinski definition) is 3. The van der Waals surface area contributed by atoms with Gasteiger partial charge in [0.1, 0.15) is 31.0 Å². The zero-order valence-electron chi connectivity index (χ0n) is 44.6. The lowest BCUT2D eigenvalue weighted by Gasteiger charge is -2.45. The number of aromatic amines is 1. The van der Waals surface area contributed by atoms with Crippen molar-refractivity contribution in [1.82, 2.24) is 19.9 Å². The van der Waals surface area contributed by atoms with E-state index in [1.165, 1.54) is 4.57 Å². The van der Waals surface area contributed by atoms with Crippen molar-refractivity contribution in [3.63, 3.8) is 0 Å². The van der Waals surface area contributed by atoms with Gasteiger partial charge in [0.2, 0.25) is 11.9 Å². The molecule has 19 heteroatoms. The maximum absolute atomic E-state index is 14.6. The van der Waals surface area contributed by atoms with Gasteiger partial charge in [-0.15, -0.1) is 0 Å². The average molecular weight is 1050 g/mol. The molecule has 1 amide bonds. The molecule has 9 atom stereocenters. The summed E-state index contributed by atoms with van der Waals surface area (Å²) in [6, 6.07) is 24.6. The third kappa shape index (κ3) is 11.5. The van der Waals surface area contributed by atoms with Crippen LogP contribution < -0.4 is 16.2 Å². The largest absolute Gasteiger partial charge is 0.459 e. The van der Waals surface area contributed by atoms with Crippen LogP contribution in [0, 0.1) is 5.41 Å². The van der Waals surface area contributed by atoms with Crippen molar-refractivity contribution in [2.24, 2.45) is 5.41 Å². The third-order valence-corrected chi connectivity index (χ3v) is 24.0. The highest BCUT2D eigenvalue weighted by atomic mass is 28.4. The number of anilines is 1. The summed E-state index contributed by atoms with van der Waals surface area (Å²) in [5, 5.41) is 6.42. The molecule has 2 aromatic heterocycles. The molecule has 3 aromatic carbocycles. The topological polar surface area (TPSA) is 211 Å². The summed E-state index contributed by atoms with van der Waals surface area (Å²) in [6.45, 7) is 26.9. The van der Waals surface area contributed by atoms with Crippen LogP contribution in [0.1, 0.15) is 105 Å². The molecule has 0 unspecified atom stereocenters. The van der Waals surface area contributed by atoms with E-state index < -0.39 is 88.7 Å². The van der Waals surface area contributed by atoms with Gasteiger partial charge in [-0.05, 0) is 78.2 Å². The summed E-state index contributed by atoms with van der Waals surface area (Å²) in [5.41, 5.74) is -0.249. The second kappa shape index (κ2) is 20.7. The Labute approximate surface area is 434 Å². The fraction of sp³-hybridized carbons (Fsp3) is 0.491. The fourth-order valence-corrected chi connectivity index (χ4v) is 11.2. The van der Waals surface area contributed by atoms with Crippen LogP contribution in [0.3, 0.4) is 0 Å². The number of fused-ring (bicyclic) bond motifs is 2.